The Morgan fingerprint density at radius 3 is 2.46 bits per heavy atom. The first-order valence-electron chi connectivity index (χ1n) is 5.02. The van der Waals surface area contributed by atoms with Gasteiger partial charge in [0.05, 0.1) is 4.99 Å². The van der Waals surface area contributed by atoms with Crippen molar-refractivity contribution in [3.63, 3.8) is 0 Å². The molecule has 1 aliphatic rings. The summed E-state index contributed by atoms with van der Waals surface area (Å²) in [5, 5.41) is 0. The van der Waals surface area contributed by atoms with Crippen LogP contribution in [0.5, 0.6) is 0 Å². The van der Waals surface area contributed by atoms with Crippen LogP contribution in [0.3, 0.4) is 0 Å². The van der Waals surface area contributed by atoms with Gasteiger partial charge >= 0.3 is 0 Å². The minimum Gasteiger partial charge on any atom is -0.393 e. The third-order valence-corrected chi connectivity index (χ3v) is 3.31. The normalized spacial score (nSPS) is 21.5. The Kier molecular flexibility index (Phi) is 3.68. The highest BCUT2D eigenvalue weighted by Gasteiger charge is 2.31. The molecule has 1 rings (SSSR count). The second kappa shape index (κ2) is 4.38. The predicted molar refractivity (Wildman–Crippen MR) is 60.8 cm³/mol. The average molecular weight is 200 g/mol. The third-order valence-electron chi connectivity index (χ3n) is 3.14. The zero-order valence-corrected chi connectivity index (χ0v) is 9.60. The second-order valence-corrected chi connectivity index (χ2v) is 4.79. The predicted octanol–water partition coefficient (Wildman–Crippen LogP) is 1.78. The maximum Gasteiger partial charge on any atom is 0.0742 e. The summed E-state index contributed by atoms with van der Waals surface area (Å²) in [6, 6.07) is 1.16. The molecule has 1 aliphatic carbocycles. The van der Waals surface area contributed by atoms with E-state index in [1.165, 1.54) is 12.8 Å². The van der Waals surface area contributed by atoms with Gasteiger partial charge < -0.3 is 10.6 Å². The standard InChI is InChI=1S/C10H20N2S/c1-7(6-10(11)13)12(3)8(2)9-4-5-9/h7-9H,4-6H2,1-3H3,(H2,11,13). The molecule has 2 N–H and O–H groups in total. The van der Waals surface area contributed by atoms with Crippen molar-refractivity contribution in [3.8, 4) is 0 Å². The molecule has 0 aliphatic heterocycles. The van der Waals surface area contributed by atoms with Crippen LogP contribution in [0.1, 0.15) is 33.1 Å². The molecule has 76 valence electrons. The van der Waals surface area contributed by atoms with Crippen LogP contribution < -0.4 is 5.73 Å². The lowest BCUT2D eigenvalue weighted by molar-refractivity contribution is 0.182. The fourth-order valence-corrected chi connectivity index (χ4v) is 1.99. The molecule has 1 fully saturated rings. The number of thiocarbonyl (C=S) groups is 1. The molecule has 1 saturated carbocycles. The van der Waals surface area contributed by atoms with Gasteiger partial charge in [0.2, 0.25) is 0 Å². The highest BCUT2D eigenvalue weighted by Crippen LogP contribution is 2.35. The smallest absolute Gasteiger partial charge is 0.0742 e. The summed E-state index contributed by atoms with van der Waals surface area (Å²) in [6.07, 6.45) is 3.62. The van der Waals surface area contributed by atoms with Gasteiger partial charge in [-0.15, -0.1) is 0 Å². The molecule has 0 radical (unpaired) electrons. The monoisotopic (exact) mass is 200 g/mol. The van der Waals surface area contributed by atoms with Gasteiger partial charge in [0, 0.05) is 18.5 Å². The average Bonchev–Trinajstić information content (AvgIpc) is 2.82. The number of hydrogen-bond acceptors (Lipinski definition) is 2. The van der Waals surface area contributed by atoms with Gasteiger partial charge in [0.15, 0.2) is 0 Å². The van der Waals surface area contributed by atoms with E-state index in [4.69, 9.17) is 18.0 Å². The quantitative estimate of drug-likeness (QED) is 0.686. The zero-order valence-electron chi connectivity index (χ0n) is 8.79. The molecule has 2 unspecified atom stereocenters. The zero-order chi connectivity index (χ0) is 10.0. The maximum atomic E-state index is 5.53. The molecule has 2 atom stereocenters. The molecule has 0 aromatic carbocycles. The lowest BCUT2D eigenvalue weighted by Gasteiger charge is -2.30. The van der Waals surface area contributed by atoms with Crippen LogP contribution >= 0.6 is 12.2 Å². The van der Waals surface area contributed by atoms with E-state index in [1.54, 1.807) is 0 Å². The van der Waals surface area contributed by atoms with Crippen LogP contribution in [-0.4, -0.2) is 29.0 Å². The van der Waals surface area contributed by atoms with Crippen molar-refractivity contribution in [2.75, 3.05) is 7.05 Å². The maximum absolute atomic E-state index is 5.53. The van der Waals surface area contributed by atoms with E-state index in [9.17, 15) is 0 Å². The van der Waals surface area contributed by atoms with Crippen molar-refractivity contribution in [3.05, 3.63) is 0 Å². The summed E-state index contributed by atoms with van der Waals surface area (Å²) in [6.45, 7) is 4.49. The summed E-state index contributed by atoms with van der Waals surface area (Å²) < 4.78 is 0. The fraction of sp³-hybridized carbons (Fsp3) is 0.900. The van der Waals surface area contributed by atoms with Crippen molar-refractivity contribution in [1.82, 2.24) is 4.90 Å². The van der Waals surface area contributed by atoms with Gasteiger partial charge in [0.1, 0.15) is 0 Å². The Morgan fingerprint density at radius 1 is 1.54 bits per heavy atom. The highest BCUT2D eigenvalue weighted by atomic mass is 32.1. The van der Waals surface area contributed by atoms with Crippen LogP contribution in [-0.2, 0) is 0 Å². The van der Waals surface area contributed by atoms with Gasteiger partial charge in [-0.3, -0.25) is 0 Å². The molecule has 0 amide bonds. The fourth-order valence-electron chi connectivity index (χ4n) is 1.75. The van der Waals surface area contributed by atoms with Crippen molar-refractivity contribution >= 4 is 17.2 Å². The topological polar surface area (TPSA) is 29.3 Å². The molecular weight excluding hydrogens is 180 g/mol. The Bertz CT molecular complexity index is 189. The number of hydrogen-bond donors (Lipinski definition) is 1. The molecular formula is C10H20N2S. The molecule has 0 heterocycles. The lowest BCUT2D eigenvalue weighted by Crippen LogP contribution is -2.39. The third kappa shape index (κ3) is 3.24. The minimum absolute atomic E-state index is 0.480. The van der Waals surface area contributed by atoms with Gasteiger partial charge in [-0.2, -0.15) is 0 Å². The summed E-state index contributed by atoms with van der Waals surface area (Å²) >= 11 is 4.91. The molecule has 0 saturated heterocycles. The minimum atomic E-state index is 0.480. The summed E-state index contributed by atoms with van der Waals surface area (Å²) in [5.74, 6) is 0.916. The van der Waals surface area contributed by atoms with Crippen molar-refractivity contribution in [2.24, 2.45) is 11.7 Å². The van der Waals surface area contributed by atoms with Crippen molar-refractivity contribution < 1.29 is 0 Å². The van der Waals surface area contributed by atoms with E-state index < -0.39 is 0 Å². The molecule has 0 aromatic rings. The van der Waals surface area contributed by atoms with E-state index in [0.29, 0.717) is 17.1 Å². The number of nitrogens with zero attached hydrogens (tertiary/aromatic N) is 1. The van der Waals surface area contributed by atoms with Crippen LogP contribution in [0.2, 0.25) is 0 Å². The van der Waals surface area contributed by atoms with Gasteiger partial charge in [-0.05, 0) is 39.7 Å². The molecule has 0 spiro atoms. The van der Waals surface area contributed by atoms with Crippen molar-refractivity contribution in [1.29, 1.82) is 0 Å². The molecule has 0 aromatic heterocycles. The Balaban J connectivity index is 2.35. The van der Waals surface area contributed by atoms with Crippen molar-refractivity contribution in [2.45, 2.75) is 45.2 Å². The largest absolute Gasteiger partial charge is 0.393 e. The van der Waals surface area contributed by atoms with E-state index in [1.807, 2.05) is 0 Å². The summed E-state index contributed by atoms with van der Waals surface area (Å²) in [5.41, 5.74) is 5.53. The van der Waals surface area contributed by atoms with Crippen LogP contribution in [0.4, 0.5) is 0 Å². The molecule has 2 nitrogen and oxygen atoms in total. The summed E-state index contributed by atoms with van der Waals surface area (Å²) in [4.78, 5) is 3.03. The van der Waals surface area contributed by atoms with Gasteiger partial charge in [-0.1, -0.05) is 12.2 Å². The van der Waals surface area contributed by atoms with E-state index >= 15 is 0 Å². The van der Waals surface area contributed by atoms with E-state index in [-0.39, 0.29) is 0 Å². The summed E-state index contributed by atoms with van der Waals surface area (Å²) in [7, 11) is 2.17. The second-order valence-electron chi connectivity index (χ2n) is 4.26. The van der Waals surface area contributed by atoms with E-state index in [2.05, 4.69) is 25.8 Å². The lowest BCUT2D eigenvalue weighted by atomic mass is 10.1. The number of rotatable bonds is 5. The number of nitrogens with two attached hydrogens (primary N) is 1. The Hall–Kier alpha value is -0.150. The Morgan fingerprint density at radius 2 is 2.08 bits per heavy atom. The van der Waals surface area contributed by atoms with Gasteiger partial charge in [0.25, 0.3) is 0 Å². The first-order chi connectivity index (χ1) is 6.02. The van der Waals surface area contributed by atoms with Crippen LogP contribution in [0.25, 0.3) is 0 Å². The van der Waals surface area contributed by atoms with Crippen LogP contribution in [0, 0.1) is 5.92 Å². The van der Waals surface area contributed by atoms with Crippen LogP contribution in [0.15, 0.2) is 0 Å². The first-order valence-corrected chi connectivity index (χ1v) is 5.43. The Labute approximate surface area is 86.5 Å². The molecule has 13 heavy (non-hydrogen) atoms. The van der Waals surface area contributed by atoms with Gasteiger partial charge in [-0.25, -0.2) is 0 Å². The van der Waals surface area contributed by atoms with E-state index in [0.717, 1.165) is 12.3 Å². The molecule has 0 bridgehead atoms. The first kappa shape index (κ1) is 10.9. The SMILES string of the molecule is CC(CC(N)=S)N(C)C(C)C1CC1. The molecule has 3 heteroatoms. The highest BCUT2D eigenvalue weighted by molar-refractivity contribution is 7.80.